The fourth-order valence-corrected chi connectivity index (χ4v) is 4.56. The second-order valence-corrected chi connectivity index (χ2v) is 8.49. The van der Waals surface area contributed by atoms with Crippen molar-refractivity contribution in [2.75, 3.05) is 13.7 Å². The third kappa shape index (κ3) is 4.16. The van der Waals surface area contributed by atoms with E-state index in [1.165, 1.54) is 23.9 Å². The van der Waals surface area contributed by atoms with Gasteiger partial charge < -0.3 is 10.1 Å². The van der Waals surface area contributed by atoms with E-state index in [-0.39, 0.29) is 29.4 Å². The quantitative estimate of drug-likeness (QED) is 0.534. The van der Waals surface area contributed by atoms with Gasteiger partial charge in [-0.2, -0.15) is 9.78 Å². The zero-order chi connectivity index (χ0) is 22.4. The molecule has 2 heterocycles. The van der Waals surface area contributed by atoms with Gasteiger partial charge in [0.15, 0.2) is 0 Å². The van der Waals surface area contributed by atoms with Gasteiger partial charge in [0.2, 0.25) is 0 Å². The molecular formula is C24H22Cl2FN3O3. The number of aromatic nitrogens is 2. The SMILES string of the molecule is COC(=O)c1ccc(-c2nn(C(=O)c3c(Cl)cccc3C3CC3)c3c2CCNC3)c(F)c1.Cl. The number of benzene rings is 2. The van der Waals surface area contributed by atoms with Crippen molar-refractivity contribution < 1.29 is 18.7 Å². The van der Waals surface area contributed by atoms with Crippen molar-refractivity contribution >= 4 is 35.9 Å². The van der Waals surface area contributed by atoms with Gasteiger partial charge >= 0.3 is 5.97 Å². The molecule has 9 heteroatoms. The van der Waals surface area contributed by atoms with Gasteiger partial charge in [0, 0.05) is 17.7 Å². The Morgan fingerprint density at radius 2 is 2.03 bits per heavy atom. The number of hydrogen-bond acceptors (Lipinski definition) is 5. The van der Waals surface area contributed by atoms with Crippen molar-refractivity contribution in [2.24, 2.45) is 0 Å². The van der Waals surface area contributed by atoms with Crippen LogP contribution in [0, 0.1) is 5.82 Å². The van der Waals surface area contributed by atoms with Crippen molar-refractivity contribution in [3.8, 4) is 11.3 Å². The van der Waals surface area contributed by atoms with E-state index in [2.05, 4.69) is 15.2 Å². The molecule has 1 fully saturated rings. The third-order valence-corrected chi connectivity index (χ3v) is 6.36. The van der Waals surface area contributed by atoms with Crippen LogP contribution in [0.5, 0.6) is 0 Å². The predicted octanol–water partition coefficient (Wildman–Crippen LogP) is 4.76. The number of nitrogens with zero attached hydrogens (tertiary/aromatic N) is 2. The van der Waals surface area contributed by atoms with Gasteiger partial charge in [0.05, 0.1) is 34.6 Å². The fraction of sp³-hybridized carbons (Fsp3) is 0.292. The summed E-state index contributed by atoms with van der Waals surface area (Å²) in [6.45, 7) is 1.14. The van der Waals surface area contributed by atoms with Gasteiger partial charge in [-0.3, -0.25) is 4.79 Å². The molecule has 6 nitrogen and oxygen atoms in total. The Hall–Kier alpha value is -2.74. The van der Waals surface area contributed by atoms with Crippen molar-refractivity contribution in [3.63, 3.8) is 0 Å². The highest BCUT2D eigenvalue weighted by atomic mass is 35.5. The monoisotopic (exact) mass is 489 g/mol. The van der Waals surface area contributed by atoms with E-state index in [1.807, 2.05) is 12.1 Å². The van der Waals surface area contributed by atoms with Crippen LogP contribution >= 0.6 is 24.0 Å². The molecule has 1 aromatic heterocycles. The Labute approximate surface area is 201 Å². The predicted molar refractivity (Wildman–Crippen MR) is 125 cm³/mol. The summed E-state index contributed by atoms with van der Waals surface area (Å²) in [5, 5.41) is 8.22. The Kier molecular flexibility index (Phi) is 6.56. The van der Waals surface area contributed by atoms with E-state index >= 15 is 0 Å². The van der Waals surface area contributed by atoms with Crippen LogP contribution in [0.2, 0.25) is 5.02 Å². The molecule has 1 N–H and O–H groups in total. The molecule has 2 aliphatic rings. The first kappa shape index (κ1) is 23.4. The van der Waals surface area contributed by atoms with Crippen molar-refractivity contribution in [2.45, 2.75) is 31.7 Å². The van der Waals surface area contributed by atoms with Crippen LogP contribution in [0.25, 0.3) is 11.3 Å². The molecule has 0 spiro atoms. The van der Waals surface area contributed by atoms with Gasteiger partial charge in [-0.1, -0.05) is 23.7 Å². The maximum absolute atomic E-state index is 15.0. The molecule has 1 aliphatic heterocycles. The van der Waals surface area contributed by atoms with E-state index in [9.17, 15) is 14.0 Å². The first-order valence-corrected chi connectivity index (χ1v) is 10.9. The number of ether oxygens (including phenoxy) is 1. The smallest absolute Gasteiger partial charge is 0.337 e. The number of methoxy groups -OCH3 is 1. The lowest BCUT2D eigenvalue weighted by atomic mass is 9.99. The average Bonchev–Trinajstić information content (AvgIpc) is 3.58. The zero-order valence-electron chi connectivity index (χ0n) is 17.9. The summed E-state index contributed by atoms with van der Waals surface area (Å²) in [4.78, 5) is 25.4. The molecule has 1 aliphatic carbocycles. The molecule has 0 bridgehead atoms. The first-order chi connectivity index (χ1) is 15.5. The fourth-order valence-electron chi connectivity index (χ4n) is 4.29. The normalized spacial score (nSPS) is 14.9. The Morgan fingerprint density at radius 1 is 1.24 bits per heavy atom. The van der Waals surface area contributed by atoms with Crippen LogP contribution in [-0.4, -0.2) is 35.3 Å². The minimum Gasteiger partial charge on any atom is -0.465 e. The molecule has 0 saturated heterocycles. The number of hydrogen-bond donors (Lipinski definition) is 1. The lowest BCUT2D eigenvalue weighted by molar-refractivity contribution is 0.0600. The summed E-state index contributed by atoms with van der Waals surface area (Å²) in [6.07, 6.45) is 2.67. The third-order valence-electron chi connectivity index (χ3n) is 6.05. The van der Waals surface area contributed by atoms with E-state index in [0.29, 0.717) is 47.4 Å². The van der Waals surface area contributed by atoms with E-state index in [0.717, 1.165) is 30.0 Å². The molecule has 33 heavy (non-hydrogen) atoms. The Morgan fingerprint density at radius 3 is 2.73 bits per heavy atom. The summed E-state index contributed by atoms with van der Waals surface area (Å²) in [5.41, 5.74) is 3.68. The van der Waals surface area contributed by atoms with Crippen LogP contribution in [0.3, 0.4) is 0 Å². The number of fused-ring (bicyclic) bond motifs is 1. The zero-order valence-corrected chi connectivity index (χ0v) is 19.4. The van der Waals surface area contributed by atoms with Crippen molar-refractivity contribution in [1.82, 2.24) is 15.1 Å². The van der Waals surface area contributed by atoms with Gasteiger partial charge in [0.25, 0.3) is 5.91 Å². The number of halogens is 3. The largest absolute Gasteiger partial charge is 0.465 e. The molecule has 0 amide bonds. The molecule has 1 saturated carbocycles. The molecule has 172 valence electrons. The molecule has 5 rings (SSSR count). The highest BCUT2D eigenvalue weighted by molar-refractivity contribution is 6.34. The van der Waals surface area contributed by atoms with Crippen LogP contribution in [0.1, 0.15) is 56.3 Å². The maximum atomic E-state index is 15.0. The number of carbonyl (C=O) groups is 2. The highest BCUT2D eigenvalue weighted by Crippen LogP contribution is 2.43. The Balaban J connectivity index is 0.00000259. The minimum absolute atomic E-state index is 0. The Bertz CT molecular complexity index is 1250. The topological polar surface area (TPSA) is 73.2 Å². The number of nitrogens with one attached hydrogen (secondary N) is 1. The molecule has 0 radical (unpaired) electrons. The van der Waals surface area contributed by atoms with Gasteiger partial charge in [-0.15, -0.1) is 12.4 Å². The van der Waals surface area contributed by atoms with Gasteiger partial charge in [-0.25, -0.2) is 9.18 Å². The number of carbonyl (C=O) groups excluding carboxylic acids is 2. The number of esters is 1. The number of rotatable bonds is 4. The maximum Gasteiger partial charge on any atom is 0.337 e. The first-order valence-electron chi connectivity index (χ1n) is 10.5. The standard InChI is InChI=1S/C24H21ClFN3O3.ClH/c1-32-24(31)14-7-8-16(19(26)11-14)22-17-9-10-27-12-20(17)29(28-22)23(30)21-15(13-5-6-13)3-2-4-18(21)25;/h2-4,7-8,11,13,27H,5-6,9-10,12H2,1H3;1H. The summed E-state index contributed by atoms with van der Waals surface area (Å²) in [7, 11) is 1.25. The molecule has 3 aromatic rings. The molecule has 2 aromatic carbocycles. The highest BCUT2D eigenvalue weighted by Gasteiger charge is 2.33. The van der Waals surface area contributed by atoms with E-state index in [4.69, 9.17) is 11.6 Å². The lowest BCUT2D eigenvalue weighted by Crippen LogP contribution is -2.28. The van der Waals surface area contributed by atoms with E-state index in [1.54, 1.807) is 6.07 Å². The summed E-state index contributed by atoms with van der Waals surface area (Å²) >= 11 is 6.46. The lowest BCUT2D eigenvalue weighted by Gasteiger charge is -2.16. The van der Waals surface area contributed by atoms with Crippen LogP contribution in [0.15, 0.2) is 36.4 Å². The molecular weight excluding hydrogens is 468 g/mol. The molecule has 0 unspecified atom stereocenters. The summed E-state index contributed by atoms with van der Waals surface area (Å²) in [5.74, 6) is -1.19. The van der Waals surface area contributed by atoms with Crippen LogP contribution in [0.4, 0.5) is 4.39 Å². The van der Waals surface area contributed by atoms with Crippen LogP contribution < -0.4 is 5.32 Å². The second-order valence-electron chi connectivity index (χ2n) is 8.08. The van der Waals surface area contributed by atoms with E-state index < -0.39 is 11.8 Å². The van der Waals surface area contributed by atoms with Gasteiger partial charge in [-0.05, 0) is 61.6 Å². The minimum atomic E-state index is -0.617. The van der Waals surface area contributed by atoms with Crippen LogP contribution in [-0.2, 0) is 17.7 Å². The summed E-state index contributed by atoms with van der Waals surface area (Å²) in [6, 6.07) is 9.65. The van der Waals surface area contributed by atoms with Gasteiger partial charge in [0.1, 0.15) is 5.82 Å². The van der Waals surface area contributed by atoms with Crippen molar-refractivity contribution in [1.29, 1.82) is 0 Å². The van der Waals surface area contributed by atoms with Crippen molar-refractivity contribution in [3.05, 3.63) is 75.2 Å². The second kappa shape index (κ2) is 9.25. The summed E-state index contributed by atoms with van der Waals surface area (Å²) < 4.78 is 21.0. The average molecular weight is 490 g/mol. The molecule has 0 atom stereocenters.